The number of carbonyl (C=O) groups is 1. The summed E-state index contributed by atoms with van der Waals surface area (Å²) in [6.45, 7) is -1.43. The Morgan fingerprint density at radius 2 is 1.95 bits per heavy atom. The average molecular weight is 407 g/mol. The van der Waals surface area contributed by atoms with Gasteiger partial charge >= 0.3 is 6.18 Å². The lowest BCUT2D eigenvalue weighted by Gasteiger charge is -2.23. The van der Waals surface area contributed by atoms with E-state index in [4.69, 9.17) is 0 Å². The van der Waals surface area contributed by atoms with Gasteiger partial charge in [-0.05, 0) is 34.1 Å². The van der Waals surface area contributed by atoms with Crippen molar-refractivity contribution in [3.05, 3.63) is 34.1 Å². The fourth-order valence-electron chi connectivity index (χ4n) is 1.38. The molecule has 8 heteroatoms. The third kappa shape index (κ3) is 5.10. The first-order valence-corrected chi connectivity index (χ1v) is 7.03. The molecule has 1 amide bonds. The molecule has 0 spiro atoms. The topological polar surface area (TPSA) is 20.3 Å². The van der Waals surface area contributed by atoms with Crippen LogP contribution in [-0.2, 0) is 0 Å². The highest BCUT2D eigenvalue weighted by atomic mass is 79.9. The van der Waals surface area contributed by atoms with Crippen molar-refractivity contribution >= 4 is 37.8 Å². The minimum Gasteiger partial charge on any atom is -0.329 e. The van der Waals surface area contributed by atoms with Gasteiger partial charge in [-0.2, -0.15) is 13.2 Å². The van der Waals surface area contributed by atoms with Crippen molar-refractivity contribution in [1.82, 2.24) is 4.90 Å². The Labute approximate surface area is 124 Å². The number of halogens is 6. The number of carbonyl (C=O) groups excluding carboxylic acids is 1. The number of benzene rings is 1. The predicted octanol–water partition coefficient (Wildman–Crippen LogP) is 3.99. The Kier molecular flexibility index (Phi) is 5.79. The molecule has 0 radical (unpaired) electrons. The molecule has 0 unspecified atom stereocenters. The van der Waals surface area contributed by atoms with E-state index in [2.05, 4.69) is 31.9 Å². The largest absolute Gasteiger partial charge is 0.406 e. The minimum atomic E-state index is -4.48. The zero-order valence-electron chi connectivity index (χ0n) is 9.48. The third-order valence-electron chi connectivity index (χ3n) is 2.18. The summed E-state index contributed by atoms with van der Waals surface area (Å²) < 4.78 is 50.2. The van der Waals surface area contributed by atoms with Gasteiger partial charge in [0.15, 0.2) is 0 Å². The van der Waals surface area contributed by atoms with Gasteiger partial charge in [-0.15, -0.1) is 0 Å². The molecule has 0 saturated carbocycles. The Balaban J connectivity index is 2.95. The van der Waals surface area contributed by atoms with Gasteiger partial charge < -0.3 is 4.90 Å². The van der Waals surface area contributed by atoms with Crippen molar-refractivity contribution in [3.63, 3.8) is 0 Å². The summed E-state index contributed by atoms with van der Waals surface area (Å²) in [6.07, 6.45) is -4.48. The van der Waals surface area contributed by atoms with Crippen LogP contribution in [0.25, 0.3) is 0 Å². The maximum atomic E-state index is 13.0. The Morgan fingerprint density at radius 3 is 2.42 bits per heavy atom. The van der Waals surface area contributed by atoms with Gasteiger partial charge in [0.05, 0.1) is 4.47 Å². The highest BCUT2D eigenvalue weighted by Crippen LogP contribution is 2.21. The van der Waals surface area contributed by atoms with Crippen LogP contribution in [0, 0.1) is 5.82 Å². The molecule has 0 bridgehead atoms. The lowest BCUT2D eigenvalue weighted by molar-refractivity contribution is -0.140. The van der Waals surface area contributed by atoms with Crippen LogP contribution in [0.5, 0.6) is 0 Å². The van der Waals surface area contributed by atoms with Gasteiger partial charge in [-0.1, -0.05) is 15.9 Å². The first-order valence-electron chi connectivity index (χ1n) is 5.11. The second kappa shape index (κ2) is 6.69. The molecular weight excluding hydrogens is 398 g/mol. The van der Waals surface area contributed by atoms with Gasteiger partial charge in [0.25, 0.3) is 5.91 Å². The SMILES string of the molecule is O=C(c1ccc(F)c(Br)c1)N(CCBr)CC(F)(F)F. The monoisotopic (exact) mass is 405 g/mol. The predicted molar refractivity (Wildman–Crippen MR) is 69.9 cm³/mol. The first-order chi connectivity index (χ1) is 8.74. The van der Waals surface area contributed by atoms with Gasteiger partial charge in [-0.25, -0.2) is 4.39 Å². The smallest absolute Gasteiger partial charge is 0.329 e. The van der Waals surface area contributed by atoms with E-state index in [1.807, 2.05) is 0 Å². The van der Waals surface area contributed by atoms with Crippen LogP contribution in [0.1, 0.15) is 10.4 Å². The third-order valence-corrected chi connectivity index (χ3v) is 3.14. The molecule has 19 heavy (non-hydrogen) atoms. The Bertz CT molecular complexity index is 464. The fourth-order valence-corrected chi connectivity index (χ4v) is 2.19. The number of hydrogen-bond acceptors (Lipinski definition) is 1. The molecule has 0 fully saturated rings. The zero-order valence-corrected chi connectivity index (χ0v) is 12.6. The number of nitrogens with zero attached hydrogens (tertiary/aromatic N) is 1. The quantitative estimate of drug-likeness (QED) is 0.547. The number of amides is 1. The maximum absolute atomic E-state index is 13.0. The van der Waals surface area contributed by atoms with Crippen molar-refractivity contribution in [2.75, 3.05) is 18.4 Å². The Hall–Kier alpha value is -0.630. The van der Waals surface area contributed by atoms with E-state index >= 15 is 0 Å². The number of rotatable bonds is 4. The molecule has 2 nitrogen and oxygen atoms in total. The van der Waals surface area contributed by atoms with Crippen LogP contribution < -0.4 is 0 Å². The standard InChI is InChI=1S/C11H9Br2F4NO/c12-3-4-18(6-11(15,16)17)10(19)7-1-2-9(14)8(13)5-7/h1-2,5H,3-4,6H2. The average Bonchev–Trinajstić information content (AvgIpc) is 2.29. The van der Waals surface area contributed by atoms with Crippen LogP contribution in [0.3, 0.4) is 0 Å². The van der Waals surface area contributed by atoms with Crippen LogP contribution in [0.2, 0.25) is 0 Å². The number of alkyl halides is 4. The van der Waals surface area contributed by atoms with Gasteiger partial charge in [0.1, 0.15) is 12.4 Å². The summed E-state index contributed by atoms with van der Waals surface area (Å²) >= 11 is 5.88. The summed E-state index contributed by atoms with van der Waals surface area (Å²) in [5.41, 5.74) is -0.00141. The molecule has 1 aromatic carbocycles. The molecule has 0 N–H and O–H groups in total. The zero-order chi connectivity index (χ0) is 14.6. The number of hydrogen-bond donors (Lipinski definition) is 0. The van der Waals surface area contributed by atoms with Crippen molar-refractivity contribution < 1.29 is 22.4 Å². The van der Waals surface area contributed by atoms with E-state index in [1.54, 1.807) is 0 Å². The highest BCUT2D eigenvalue weighted by molar-refractivity contribution is 9.10. The van der Waals surface area contributed by atoms with Crippen molar-refractivity contribution in [1.29, 1.82) is 0 Å². The van der Waals surface area contributed by atoms with Crippen LogP contribution in [0.4, 0.5) is 17.6 Å². The normalized spacial score (nSPS) is 11.5. The maximum Gasteiger partial charge on any atom is 0.406 e. The van der Waals surface area contributed by atoms with Crippen molar-refractivity contribution in [3.8, 4) is 0 Å². The summed E-state index contributed by atoms with van der Waals surface area (Å²) in [5.74, 6) is -1.38. The van der Waals surface area contributed by atoms with Crippen molar-refractivity contribution in [2.24, 2.45) is 0 Å². The molecule has 0 saturated heterocycles. The second-order valence-corrected chi connectivity index (χ2v) is 5.31. The van der Waals surface area contributed by atoms with E-state index in [-0.39, 0.29) is 21.9 Å². The van der Waals surface area contributed by atoms with E-state index in [9.17, 15) is 22.4 Å². The molecule has 0 atom stereocenters. The van der Waals surface area contributed by atoms with Crippen LogP contribution in [-0.4, -0.2) is 35.4 Å². The molecule has 0 aliphatic carbocycles. The molecule has 1 aromatic rings. The fraction of sp³-hybridized carbons (Fsp3) is 0.364. The molecular formula is C11H9Br2F4NO. The van der Waals surface area contributed by atoms with Gasteiger partial charge in [0, 0.05) is 17.4 Å². The summed E-state index contributed by atoms with van der Waals surface area (Å²) in [6, 6.07) is 3.34. The molecule has 0 aromatic heterocycles. The highest BCUT2D eigenvalue weighted by Gasteiger charge is 2.33. The second-order valence-electron chi connectivity index (χ2n) is 3.66. The molecule has 0 aliphatic rings. The van der Waals surface area contributed by atoms with Crippen molar-refractivity contribution in [2.45, 2.75) is 6.18 Å². The van der Waals surface area contributed by atoms with E-state index in [0.29, 0.717) is 4.90 Å². The van der Waals surface area contributed by atoms with E-state index in [0.717, 1.165) is 18.2 Å². The molecule has 1 rings (SSSR count). The Morgan fingerprint density at radius 1 is 1.32 bits per heavy atom. The van der Waals surface area contributed by atoms with Gasteiger partial charge in [-0.3, -0.25) is 4.79 Å². The molecule has 0 aliphatic heterocycles. The minimum absolute atomic E-state index is 0.00141. The lowest BCUT2D eigenvalue weighted by Crippen LogP contribution is -2.40. The van der Waals surface area contributed by atoms with Crippen LogP contribution in [0.15, 0.2) is 22.7 Å². The lowest BCUT2D eigenvalue weighted by atomic mass is 10.2. The molecule has 0 heterocycles. The summed E-state index contributed by atoms with van der Waals surface area (Å²) in [5, 5.41) is 0.219. The van der Waals surface area contributed by atoms with E-state index in [1.165, 1.54) is 0 Å². The summed E-state index contributed by atoms with van der Waals surface area (Å²) in [4.78, 5) is 12.6. The first kappa shape index (κ1) is 16.4. The van der Waals surface area contributed by atoms with Crippen LogP contribution >= 0.6 is 31.9 Å². The molecule has 106 valence electrons. The van der Waals surface area contributed by atoms with E-state index < -0.39 is 24.4 Å². The summed E-state index contributed by atoms with van der Waals surface area (Å²) in [7, 11) is 0. The van der Waals surface area contributed by atoms with Gasteiger partial charge in [0.2, 0.25) is 0 Å².